The van der Waals surface area contributed by atoms with E-state index in [-0.39, 0.29) is 6.03 Å². The van der Waals surface area contributed by atoms with Gasteiger partial charge in [-0.15, -0.1) is 0 Å². The van der Waals surface area contributed by atoms with Crippen molar-refractivity contribution in [2.24, 2.45) is 0 Å². The van der Waals surface area contributed by atoms with E-state index in [4.69, 9.17) is 5.11 Å². The summed E-state index contributed by atoms with van der Waals surface area (Å²) in [5.74, 6) is -0.965. The molecule has 0 fully saturated rings. The number of hydrogen-bond donors (Lipinski definition) is 3. The maximum Gasteiger partial charge on any atom is 0.326 e. The smallest absolute Gasteiger partial charge is 0.326 e. The Labute approximate surface area is 122 Å². The number of rotatable bonds is 12. The van der Waals surface area contributed by atoms with E-state index >= 15 is 0 Å². The molecule has 1 unspecified atom stereocenters. The zero-order valence-electron chi connectivity index (χ0n) is 12.9. The fourth-order valence-electron chi connectivity index (χ4n) is 1.98. The Bertz CT molecular complexity index is 270. The summed E-state index contributed by atoms with van der Waals surface area (Å²) in [5.41, 5.74) is 0. The van der Waals surface area contributed by atoms with Gasteiger partial charge in [-0.2, -0.15) is 0 Å². The molecule has 5 heteroatoms. The van der Waals surface area contributed by atoms with Crippen LogP contribution in [0.5, 0.6) is 0 Å². The molecule has 118 valence electrons. The number of carbonyl (C=O) groups excluding carboxylic acids is 1. The lowest BCUT2D eigenvalue weighted by molar-refractivity contribution is -0.139. The molecule has 0 heterocycles. The number of nitrogens with one attached hydrogen (secondary N) is 2. The zero-order valence-corrected chi connectivity index (χ0v) is 12.9. The van der Waals surface area contributed by atoms with Crippen molar-refractivity contribution in [2.45, 2.75) is 77.7 Å². The zero-order chi connectivity index (χ0) is 15.2. The lowest BCUT2D eigenvalue weighted by Gasteiger charge is -2.14. The summed E-state index contributed by atoms with van der Waals surface area (Å²) in [6.45, 7) is 4.79. The first kappa shape index (κ1) is 18.7. The van der Waals surface area contributed by atoms with Gasteiger partial charge in [0, 0.05) is 6.54 Å². The summed E-state index contributed by atoms with van der Waals surface area (Å²) in [5, 5.41) is 14.2. The van der Waals surface area contributed by atoms with Gasteiger partial charge in [0.1, 0.15) is 6.04 Å². The predicted octanol–water partition coefficient (Wildman–Crippen LogP) is 3.29. The third-order valence-electron chi connectivity index (χ3n) is 3.27. The molecule has 5 nitrogen and oxygen atoms in total. The summed E-state index contributed by atoms with van der Waals surface area (Å²) >= 11 is 0. The Morgan fingerprint density at radius 1 is 0.950 bits per heavy atom. The predicted molar refractivity (Wildman–Crippen MR) is 80.9 cm³/mol. The average molecular weight is 286 g/mol. The third kappa shape index (κ3) is 10.6. The Hall–Kier alpha value is -1.26. The minimum atomic E-state index is -0.965. The first-order chi connectivity index (χ1) is 9.61. The fourth-order valence-corrected chi connectivity index (χ4v) is 1.98. The monoisotopic (exact) mass is 286 g/mol. The van der Waals surface area contributed by atoms with Crippen molar-refractivity contribution < 1.29 is 14.7 Å². The maximum absolute atomic E-state index is 11.6. The van der Waals surface area contributed by atoms with Crippen molar-refractivity contribution in [1.82, 2.24) is 10.6 Å². The van der Waals surface area contributed by atoms with Crippen LogP contribution in [-0.2, 0) is 4.79 Å². The number of carboxylic acid groups (broad SMARTS) is 1. The molecule has 0 saturated heterocycles. The van der Waals surface area contributed by atoms with Crippen LogP contribution in [0.25, 0.3) is 0 Å². The van der Waals surface area contributed by atoms with Crippen molar-refractivity contribution in [3.8, 4) is 0 Å². The molecule has 0 radical (unpaired) electrons. The molecule has 0 aromatic carbocycles. The molecule has 0 bridgehead atoms. The Morgan fingerprint density at radius 3 is 2.15 bits per heavy atom. The minimum absolute atomic E-state index is 0.373. The van der Waals surface area contributed by atoms with E-state index in [1.807, 2.05) is 6.92 Å². The highest BCUT2D eigenvalue weighted by molar-refractivity contribution is 5.82. The van der Waals surface area contributed by atoms with Crippen molar-refractivity contribution in [3.63, 3.8) is 0 Å². The van der Waals surface area contributed by atoms with E-state index in [0.717, 1.165) is 25.7 Å². The van der Waals surface area contributed by atoms with Crippen LogP contribution in [-0.4, -0.2) is 29.7 Å². The second-order valence-electron chi connectivity index (χ2n) is 5.20. The van der Waals surface area contributed by atoms with Crippen LogP contribution in [0.2, 0.25) is 0 Å². The topological polar surface area (TPSA) is 78.4 Å². The molecule has 0 aliphatic heterocycles. The van der Waals surface area contributed by atoms with E-state index in [0.29, 0.717) is 13.0 Å². The van der Waals surface area contributed by atoms with Gasteiger partial charge in [-0.3, -0.25) is 0 Å². The highest BCUT2D eigenvalue weighted by Gasteiger charge is 2.18. The molecule has 3 N–H and O–H groups in total. The minimum Gasteiger partial charge on any atom is -0.480 e. The van der Waals surface area contributed by atoms with E-state index in [9.17, 15) is 9.59 Å². The van der Waals surface area contributed by atoms with Gasteiger partial charge in [-0.05, 0) is 12.8 Å². The van der Waals surface area contributed by atoms with Crippen LogP contribution < -0.4 is 10.6 Å². The van der Waals surface area contributed by atoms with Crippen molar-refractivity contribution in [2.75, 3.05) is 6.54 Å². The standard InChI is InChI=1S/C15H30N2O3/c1-3-5-7-8-9-10-12-16-15(20)17-13(14(18)19)11-6-4-2/h13H,3-12H2,1-2H3,(H,18,19)(H2,16,17,20). The normalized spacial score (nSPS) is 11.9. The molecular formula is C15H30N2O3. The molecule has 0 aliphatic rings. The number of hydrogen-bond acceptors (Lipinski definition) is 2. The second-order valence-corrected chi connectivity index (χ2v) is 5.20. The molecule has 2 amide bonds. The van der Waals surface area contributed by atoms with Crippen molar-refractivity contribution in [1.29, 1.82) is 0 Å². The molecule has 0 aliphatic carbocycles. The molecule has 0 saturated carbocycles. The number of urea groups is 1. The maximum atomic E-state index is 11.6. The Balaban J connectivity index is 3.66. The molecule has 0 rings (SSSR count). The van der Waals surface area contributed by atoms with E-state index in [1.165, 1.54) is 25.7 Å². The summed E-state index contributed by atoms with van der Waals surface area (Å²) in [4.78, 5) is 22.5. The van der Waals surface area contributed by atoms with Crippen LogP contribution in [0.15, 0.2) is 0 Å². The van der Waals surface area contributed by atoms with E-state index in [2.05, 4.69) is 17.6 Å². The number of aliphatic carboxylic acids is 1. The van der Waals surface area contributed by atoms with Crippen molar-refractivity contribution in [3.05, 3.63) is 0 Å². The molecular weight excluding hydrogens is 256 g/mol. The number of carbonyl (C=O) groups is 2. The highest BCUT2D eigenvalue weighted by Crippen LogP contribution is 2.04. The third-order valence-corrected chi connectivity index (χ3v) is 3.27. The van der Waals surface area contributed by atoms with Gasteiger partial charge in [-0.1, -0.05) is 58.8 Å². The lowest BCUT2D eigenvalue weighted by atomic mass is 10.1. The Kier molecular flexibility index (Phi) is 12.0. The first-order valence-electron chi connectivity index (χ1n) is 7.89. The number of carboxylic acids is 1. The molecule has 20 heavy (non-hydrogen) atoms. The van der Waals surface area contributed by atoms with Gasteiger partial charge in [-0.25, -0.2) is 9.59 Å². The fraction of sp³-hybridized carbons (Fsp3) is 0.867. The SMILES string of the molecule is CCCCCCCCNC(=O)NC(CCCC)C(=O)O. The van der Waals surface area contributed by atoms with Gasteiger partial charge in [0.05, 0.1) is 0 Å². The van der Waals surface area contributed by atoms with E-state index in [1.54, 1.807) is 0 Å². The quantitative estimate of drug-likeness (QED) is 0.482. The summed E-state index contributed by atoms with van der Waals surface area (Å²) in [7, 11) is 0. The van der Waals surface area contributed by atoms with Gasteiger partial charge >= 0.3 is 12.0 Å². The molecule has 0 spiro atoms. The molecule has 0 aromatic heterocycles. The molecule has 0 aromatic rings. The molecule has 1 atom stereocenters. The summed E-state index contributed by atoms with van der Waals surface area (Å²) in [6, 6.07) is -1.15. The van der Waals surface area contributed by atoms with Crippen LogP contribution in [0, 0.1) is 0 Å². The van der Waals surface area contributed by atoms with Gasteiger partial charge in [0.2, 0.25) is 0 Å². The lowest BCUT2D eigenvalue weighted by Crippen LogP contribution is -2.46. The number of amides is 2. The van der Waals surface area contributed by atoms with Crippen LogP contribution in [0.3, 0.4) is 0 Å². The van der Waals surface area contributed by atoms with Crippen LogP contribution in [0.4, 0.5) is 4.79 Å². The van der Waals surface area contributed by atoms with E-state index < -0.39 is 12.0 Å². The van der Waals surface area contributed by atoms with Crippen LogP contribution in [0.1, 0.15) is 71.6 Å². The first-order valence-corrected chi connectivity index (χ1v) is 7.89. The van der Waals surface area contributed by atoms with Crippen LogP contribution >= 0.6 is 0 Å². The van der Waals surface area contributed by atoms with Gasteiger partial charge in [0.25, 0.3) is 0 Å². The van der Waals surface area contributed by atoms with Gasteiger partial charge in [0.15, 0.2) is 0 Å². The Morgan fingerprint density at radius 2 is 1.55 bits per heavy atom. The van der Waals surface area contributed by atoms with Crippen molar-refractivity contribution >= 4 is 12.0 Å². The second kappa shape index (κ2) is 12.8. The average Bonchev–Trinajstić information content (AvgIpc) is 2.42. The number of unbranched alkanes of at least 4 members (excludes halogenated alkanes) is 6. The highest BCUT2D eigenvalue weighted by atomic mass is 16.4. The van der Waals surface area contributed by atoms with Gasteiger partial charge < -0.3 is 15.7 Å². The summed E-state index contributed by atoms with van der Waals surface area (Å²) in [6.07, 6.45) is 9.21. The summed E-state index contributed by atoms with van der Waals surface area (Å²) < 4.78 is 0. The largest absolute Gasteiger partial charge is 0.480 e.